The molecule has 98 valence electrons. The molecule has 0 bridgehead atoms. The van der Waals surface area contributed by atoms with Crippen LogP contribution in [0, 0.1) is 0 Å². The first-order valence-electron chi connectivity index (χ1n) is 5.81. The average Bonchev–Trinajstić information content (AvgIpc) is 2.85. The highest BCUT2D eigenvalue weighted by Gasteiger charge is 2.10. The smallest absolute Gasteiger partial charge is 0.306 e. The minimum absolute atomic E-state index is 0.0364. The van der Waals surface area contributed by atoms with Gasteiger partial charge in [-0.1, -0.05) is 6.07 Å². The quantitative estimate of drug-likeness (QED) is 0.413. The molecular weight excluding hydrogens is 252 g/mol. The van der Waals surface area contributed by atoms with Gasteiger partial charge in [0.15, 0.2) is 5.78 Å². The van der Waals surface area contributed by atoms with Crippen LogP contribution in [-0.4, -0.2) is 24.1 Å². The Morgan fingerprint density at radius 3 is 2.61 bits per heavy atom. The first-order valence-corrected chi connectivity index (χ1v) is 6.69. The normalized spacial score (nSPS) is 10.1. The fraction of sp³-hybridized carbons (Fsp3) is 0.462. The zero-order chi connectivity index (χ0) is 13.4. The molecule has 1 aromatic rings. The van der Waals surface area contributed by atoms with Crippen molar-refractivity contribution in [3.63, 3.8) is 0 Å². The summed E-state index contributed by atoms with van der Waals surface area (Å²) in [4.78, 5) is 34.2. The molecular formula is C13H16O4S. The molecule has 0 aliphatic heterocycles. The minimum Gasteiger partial charge on any atom is -0.466 e. The minimum atomic E-state index is -0.386. The molecule has 4 nitrogen and oxygen atoms in total. The Bertz CT molecular complexity index is 409. The number of Topliss-reactive ketones (excluding diaryl/α,β-unsaturated/α-hetero) is 2. The van der Waals surface area contributed by atoms with E-state index in [4.69, 9.17) is 4.74 Å². The van der Waals surface area contributed by atoms with Gasteiger partial charge in [0.25, 0.3) is 0 Å². The van der Waals surface area contributed by atoms with Crippen molar-refractivity contribution >= 4 is 28.9 Å². The number of hydrogen-bond donors (Lipinski definition) is 0. The summed E-state index contributed by atoms with van der Waals surface area (Å²) in [6.07, 6.45) is 1.23. The van der Waals surface area contributed by atoms with Gasteiger partial charge in [-0.25, -0.2) is 0 Å². The molecule has 0 aliphatic carbocycles. The number of thiophene rings is 1. The van der Waals surface area contributed by atoms with E-state index in [2.05, 4.69) is 0 Å². The maximum atomic E-state index is 11.6. The van der Waals surface area contributed by atoms with Crippen LogP contribution < -0.4 is 0 Å². The van der Waals surface area contributed by atoms with Gasteiger partial charge < -0.3 is 9.53 Å². The van der Waals surface area contributed by atoms with Crippen LogP contribution in [-0.2, 0) is 14.3 Å². The number of carbonyl (C=O) groups is 3. The number of rotatable bonds is 8. The molecule has 0 aliphatic rings. The largest absolute Gasteiger partial charge is 0.466 e. The third-order valence-electron chi connectivity index (χ3n) is 2.29. The van der Waals surface area contributed by atoms with E-state index < -0.39 is 0 Å². The van der Waals surface area contributed by atoms with E-state index in [1.807, 2.05) is 5.38 Å². The Kier molecular flexibility index (Phi) is 6.28. The molecule has 0 saturated heterocycles. The van der Waals surface area contributed by atoms with Crippen LogP contribution in [0.4, 0.5) is 0 Å². The maximum Gasteiger partial charge on any atom is 0.306 e. The van der Waals surface area contributed by atoms with Crippen LogP contribution in [0.3, 0.4) is 0 Å². The molecule has 0 spiro atoms. The highest BCUT2D eigenvalue weighted by atomic mass is 32.1. The van der Waals surface area contributed by atoms with Crippen molar-refractivity contribution in [2.24, 2.45) is 0 Å². The van der Waals surface area contributed by atoms with E-state index >= 15 is 0 Å². The fourth-order valence-corrected chi connectivity index (χ4v) is 2.05. The van der Waals surface area contributed by atoms with Crippen LogP contribution in [0.15, 0.2) is 17.5 Å². The predicted molar refractivity (Wildman–Crippen MR) is 68.8 cm³/mol. The van der Waals surface area contributed by atoms with Crippen LogP contribution >= 0.6 is 11.3 Å². The van der Waals surface area contributed by atoms with Crippen molar-refractivity contribution in [3.05, 3.63) is 22.4 Å². The van der Waals surface area contributed by atoms with Gasteiger partial charge in [0.2, 0.25) is 0 Å². The number of ketones is 2. The van der Waals surface area contributed by atoms with E-state index in [1.165, 1.54) is 18.3 Å². The van der Waals surface area contributed by atoms with Gasteiger partial charge in [-0.2, -0.15) is 0 Å². The standard InChI is InChI=1S/C13H16O4S/c1-10(14)4-2-8-17-13(16)7-6-11(15)12-5-3-9-18-12/h3,5,9H,2,4,6-8H2,1H3. The Hall–Kier alpha value is -1.49. The van der Waals surface area contributed by atoms with Crippen molar-refractivity contribution in [1.82, 2.24) is 0 Å². The van der Waals surface area contributed by atoms with Gasteiger partial charge >= 0.3 is 5.97 Å². The van der Waals surface area contributed by atoms with E-state index in [0.29, 0.717) is 17.7 Å². The highest BCUT2D eigenvalue weighted by molar-refractivity contribution is 7.12. The molecule has 0 unspecified atom stereocenters. The zero-order valence-corrected chi connectivity index (χ0v) is 11.1. The molecule has 18 heavy (non-hydrogen) atoms. The zero-order valence-electron chi connectivity index (χ0n) is 10.3. The van der Waals surface area contributed by atoms with Gasteiger partial charge in [0, 0.05) is 12.8 Å². The number of esters is 1. The third-order valence-corrected chi connectivity index (χ3v) is 3.20. The second-order valence-corrected chi connectivity index (χ2v) is 4.87. The average molecular weight is 268 g/mol. The lowest BCUT2D eigenvalue weighted by Crippen LogP contribution is -2.09. The second-order valence-electron chi connectivity index (χ2n) is 3.93. The van der Waals surface area contributed by atoms with E-state index in [9.17, 15) is 14.4 Å². The van der Waals surface area contributed by atoms with Gasteiger partial charge in [-0.15, -0.1) is 11.3 Å². The molecule has 0 radical (unpaired) electrons. The summed E-state index contributed by atoms with van der Waals surface area (Å²) in [6, 6.07) is 3.54. The van der Waals surface area contributed by atoms with Gasteiger partial charge in [0.05, 0.1) is 17.9 Å². The Labute approximate surface area is 110 Å². The first kappa shape index (κ1) is 14.6. The molecule has 0 atom stereocenters. The van der Waals surface area contributed by atoms with Crippen molar-refractivity contribution in [2.75, 3.05) is 6.61 Å². The molecule has 0 saturated carbocycles. The lowest BCUT2D eigenvalue weighted by atomic mass is 10.2. The fourth-order valence-electron chi connectivity index (χ4n) is 1.36. The number of hydrogen-bond acceptors (Lipinski definition) is 5. The second kappa shape index (κ2) is 7.76. The Morgan fingerprint density at radius 1 is 1.22 bits per heavy atom. The SMILES string of the molecule is CC(=O)CCCOC(=O)CCC(=O)c1cccs1. The summed E-state index contributed by atoms with van der Waals surface area (Å²) >= 11 is 1.37. The summed E-state index contributed by atoms with van der Waals surface area (Å²) in [5.41, 5.74) is 0. The predicted octanol–water partition coefficient (Wildman–Crippen LogP) is 2.62. The molecule has 0 aromatic carbocycles. The number of ether oxygens (including phenoxy) is 1. The molecule has 1 heterocycles. The molecule has 1 aromatic heterocycles. The molecule has 0 N–H and O–H groups in total. The van der Waals surface area contributed by atoms with E-state index in [-0.39, 0.29) is 37.0 Å². The molecule has 1 rings (SSSR count). The summed E-state index contributed by atoms with van der Waals surface area (Å²) < 4.78 is 4.92. The Morgan fingerprint density at radius 2 is 2.00 bits per heavy atom. The Balaban J connectivity index is 2.13. The van der Waals surface area contributed by atoms with Crippen molar-refractivity contribution in [2.45, 2.75) is 32.6 Å². The monoisotopic (exact) mass is 268 g/mol. The van der Waals surface area contributed by atoms with Gasteiger partial charge in [-0.05, 0) is 24.8 Å². The van der Waals surface area contributed by atoms with Gasteiger partial charge in [0.1, 0.15) is 5.78 Å². The van der Waals surface area contributed by atoms with Crippen LogP contribution in [0.1, 0.15) is 42.3 Å². The highest BCUT2D eigenvalue weighted by Crippen LogP contribution is 2.12. The molecule has 0 fully saturated rings. The van der Waals surface area contributed by atoms with Crippen molar-refractivity contribution in [3.8, 4) is 0 Å². The molecule has 5 heteroatoms. The lowest BCUT2D eigenvalue weighted by Gasteiger charge is -2.03. The van der Waals surface area contributed by atoms with Crippen LogP contribution in [0.2, 0.25) is 0 Å². The summed E-state index contributed by atoms with van der Waals surface area (Å²) in [7, 11) is 0. The topological polar surface area (TPSA) is 60.4 Å². The van der Waals surface area contributed by atoms with Crippen molar-refractivity contribution < 1.29 is 19.1 Å². The third kappa shape index (κ3) is 5.72. The van der Waals surface area contributed by atoms with Crippen molar-refractivity contribution in [1.29, 1.82) is 0 Å². The van der Waals surface area contributed by atoms with Crippen LogP contribution in [0.5, 0.6) is 0 Å². The van der Waals surface area contributed by atoms with Crippen LogP contribution in [0.25, 0.3) is 0 Å². The lowest BCUT2D eigenvalue weighted by molar-refractivity contribution is -0.144. The van der Waals surface area contributed by atoms with E-state index in [0.717, 1.165) is 0 Å². The van der Waals surface area contributed by atoms with E-state index in [1.54, 1.807) is 12.1 Å². The summed E-state index contributed by atoms with van der Waals surface area (Å²) in [5.74, 6) is -0.340. The first-order chi connectivity index (χ1) is 8.59. The maximum absolute atomic E-state index is 11.6. The summed E-state index contributed by atoms with van der Waals surface area (Å²) in [5, 5.41) is 1.83. The number of carbonyl (C=O) groups excluding carboxylic acids is 3. The summed E-state index contributed by atoms with van der Waals surface area (Å²) in [6.45, 7) is 1.74. The van der Waals surface area contributed by atoms with Gasteiger partial charge in [-0.3, -0.25) is 9.59 Å². The molecule has 0 amide bonds.